The average molecular weight is 203 g/mol. The van der Waals surface area contributed by atoms with E-state index in [0.29, 0.717) is 6.42 Å². The van der Waals surface area contributed by atoms with Gasteiger partial charge >= 0.3 is 5.97 Å². The van der Waals surface area contributed by atoms with Gasteiger partial charge in [0, 0.05) is 13.1 Å². The zero-order valence-electron chi connectivity index (χ0n) is 8.67. The van der Waals surface area contributed by atoms with Crippen molar-refractivity contribution < 1.29 is 13.9 Å². The first-order valence-corrected chi connectivity index (χ1v) is 5.14. The number of methoxy groups -OCH3 is 1. The van der Waals surface area contributed by atoms with Crippen LogP contribution in [-0.2, 0) is 9.53 Å². The van der Waals surface area contributed by atoms with Crippen LogP contribution in [0.4, 0.5) is 4.39 Å². The summed E-state index contributed by atoms with van der Waals surface area (Å²) in [6, 6.07) is 0. The fourth-order valence-corrected chi connectivity index (χ4v) is 1.90. The summed E-state index contributed by atoms with van der Waals surface area (Å²) in [6.45, 7) is 2.18. The lowest BCUT2D eigenvalue weighted by molar-refractivity contribution is -0.147. The Morgan fingerprint density at radius 1 is 1.64 bits per heavy atom. The summed E-state index contributed by atoms with van der Waals surface area (Å²) in [6.07, 6.45) is 2.47. The van der Waals surface area contributed by atoms with E-state index < -0.39 is 0 Å². The van der Waals surface area contributed by atoms with Crippen molar-refractivity contribution in [1.82, 2.24) is 4.90 Å². The maximum Gasteiger partial charge on any atom is 0.309 e. The van der Waals surface area contributed by atoms with Crippen LogP contribution in [0.25, 0.3) is 0 Å². The third kappa shape index (κ3) is 3.25. The minimum absolute atomic E-state index is 0.00615. The molecule has 0 N–H and O–H groups in total. The van der Waals surface area contributed by atoms with Gasteiger partial charge in [0.1, 0.15) is 0 Å². The Bertz CT molecular complexity index is 187. The number of halogens is 1. The Labute approximate surface area is 84.2 Å². The molecule has 1 fully saturated rings. The number of alkyl halides is 1. The van der Waals surface area contributed by atoms with Crippen LogP contribution < -0.4 is 0 Å². The minimum atomic E-state index is -0.278. The van der Waals surface area contributed by atoms with Gasteiger partial charge < -0.3 is 9.64 Å². The number of hydrogen-bond donors (Lipinski definition) is 0. The number of piperidine rings is 1. The van der Waals surface area contributed by atoms with Crippen molar-refractivity contribution in [2.75, 3.05) is 33.4 Å². The van der Waals surface area contributed by atoms with Gasteiger partial charge in [-0.15, -0.1) is 0 Å². The molecule has 1 heterocycles. The monoisotopic (exact) mass is 203 g/mol. The van der Waals surface area contributed by atoms with Crippen molar-refractivity contribution in [3.63, 3.8) is 0 Å². The van der Waals surface area contributed by atoms with Crippen LogP contribution in [-0.4, -0.2) is 44.3 Å². The van der Waals surface area contributed by atoms with Crippen LogP contribution in [0.2, 0.25) is 0 Å². The molecule has 0 saturated carbocycles. The summed E-state index contributed by atoms with van der Waals surface area (Å²) >= 11 is 0. The molecule has 1 saturated heterocycles. The highest BCUT2D eigenvalue weighted by atomic mass is 19.1. The van der Waals surface area contributed by atoms with Gasteiger partial charge in [-0.3, -0.25) is 9.18 Å². The van der Waals surface area contributed by atoms with Crippen LogP contribution in [0.1, 0.15) is 19.3 Å². The molecular formula is C10H18FNO2. The van der Waals surface area contributed by atoms with Gasteiger partial charge in [0.2, 0.25) is 0 Å². The Morgan fingerprint density at radius 2 is 2.43 bits per heavy atom. The van der Waals surface area contributed by atoms with Crippen molar-refractivity contribution in [2.45, 2.75) is 19.3 Å². The Kier molecular flexibility index (Phi) is 4.87. The van der Waals surface area contributed by atoms with E-state index in [2.05, 4.69) is 4.90 Å². The van der Waals surface area contributed by atoms with Crippen molar-refractivity contribution in [3.05, 3.63) is 0 Å². The second-order valence-electron chi connectivity index (χ2n) is 3.71. The number of carbonyl (C=O) groups is 1. The molecule has 0 aliphatic carbocycles. The number of carbonyl (C=O) groups excluding carboxylic acids is 1. The first-order valence-electron chi connectivity index (χ1n) is 5.14. The van der Waals surface area contributed by atoms with Gasteiger partial charge in [-0.05, 0) is 25.8 Å². The average Bonchev–Trinajstić information content (AvgIpc) is 2.25. The van der Waals surface area contributed by atoms with Gasteiger partial charge in [-0.2, -0.15) is 0 Å². The number of likely N-dealkylation sites (tertiary alicyclic amines) is 1. The predicted molar refractivity (Wildman–Crippen MR) is 51.8 cm³/mol. The smallest absolute Gasteiger partial charge is 0.309 e. The zero-order valence-corrected chi connectivity index (χ0v) is 8.67. The lowest BCUT2D eigenvalue weighted by Gasteiger charge is -2.30. The lowest BCUT2D eigenvalue weighted by atomic mass is 9.98. The molecule has 0 bridgehead atoms. The van der Waals surface area contributed by atoms with E-state index in [4.69, 9.17) is 4.74 Å². The second-order valence-corrected chi connectivity index (χ2v) is 3.71. The maximum atomic E-state index is 12.0. The first-order chi connectivity index (χ1) is 6.77. The molecule has 1 unspecified atom stereocenters. The largest absolute Gasteiger partial charge is 0.469 e. The van der Waals surface area contributed by atoms with Crippen LogP contribution >= 0.6 is 0 Å². The van der Waals surface area contributed by atoms with Gasteiger partial charge in [0.15, 0.2) is 0 Å². The van der Waals surface area contributed by atoms with Gasteiger partial charge in [-0.25, -0.2) is 0 Å². The molecule has 1 atom stereocenters. The van der Waals surface area contributed by atoms with E-state index in [1.54, 1.807) is 0 Å². The number of rotatable bonds is 4. The van der Waals surface area contributed by atoms with E-state index in [1.165, 1.54) is 7.11 Å². The molecule has 4 heteroatoms. The minimum Gasteiger partial charge on any atom is -0.469 e. The summed E-state index contributed by atoms with van der Waals surface area (Å²) in [7, 11) is 1.42. The molecule has 0 aromatic heterocycles. The fraction of sp³-hybridized carbons (Fsp3) is 0.900. The standard InChI is InChI=1S/C10H18FNO2/c1-14-10(13)9-4-2-6-12(8-9)7-3-5-11/h9H,2-8H2,1H3. The molecule has 3 nitrogen and oxygen atoms in total. The summed E-state index contributed by atoms with van der Waals surface area (Å²) < 4.78 is 16.7. The lowest BCUT2D eigenvalue weighted by Crippen LogP contribution is -2.39. The highest BCUT2D eigenvalue weighted by Gasteiger charge is 2.25. The molecule has 0 amide bonds. The Morgan fingerprint density at radius 3 is 3.07 bits per heavy atom. The molecule has 0 radical (unpaired) electrons. The van der Waals surface area contributed by atoms with Crippen LogP contribution in [0.3, 0.4) is 0 Å². The summed E-state index contributed by atoms with van der Waals surface area (Å²) in [5, 5.41) is 0. The van der Waals surface area contributed by atoms with E-state index in [-0.39, 0.29) is 18.6 Å². The molecule has 1 rings (SSSR count). The van der Waals surface area contributed by atoms with Crippen molar-refractivity contribution in [2.24, 2.45) is 5.92 Å². The molecule has 1 aliphatic rings. The number of esters is 1. The molecule has 82 valence electrons. The SMILES string of the molecule is COC(=O)C1CCCN(CCCF)C1. The number of ether oxygens (including phenoxy) is 1. The summed E-state index contributed by atoms with van der Waals surface area (Å²) in [5.74, 6) is -0.136. The van der Waals surface area contributed by atoms with Crippen molar-refractivity contribution in [1.29, 1.82) is 0 Å². The second kappa shape index (κ2) is 5.96. The van der Waals surface area contributed by atoms with Crippen molar-refractivity contribution >= 4 is 5.97 Å². The molecule has 0 aromatic carbocycles. The topological polar surface area (TPSA) is 29.5 Å². The van der Waals surface area contributed by atoms with Gasteiger partial charge in [-0.1, -0.05) is 0 Å². The number of hydrogen-bond acceptors (Lipinski definition) is 3. The van der Waals surface area contributed by atoms with E-state index >= 15 is 0 Å². The quantitative estimate of drug-likeness (QED) is 0.644. The maximum absolute atomic E-state index is 12.0. The fourth-order valence-electron chi connectivity index (χ4n) is 1.90. The summed E-state index contributed by atoms with van der Waals surface area (Å²) in [4.78, 5) is 13.4. The van der Waals surface area contributed by atoms with E-state index in [1.807, 2.05) is 0 Å². The molecular weight excluding hydrogens is 185 g/mol. The number of nitrogens with zero attached hydrogens (tertiary/aromatic N) is 1. The van der Waals surface area contributed by atoms with Gasteiger partial charge in [0.05, 0.1) is 19.7 Å². The normalized spacial score (nSPS) is 23.4. The predicted octanol–water partition coefficient (Wildman–Crippen LogP) is 1.23. The summed E-state index contributed by atoms with van der Waals surface area (Å²) in [5.41, 5.74) is 0. The van der Waals surface area contributed by atoms with Gasteiger partial charge in [0.25, 0.3) is 0 Å². The van der Waals surface area contributed by atoms with Crippen molar-refractivity contribution in [3.8, 4) is 0 Å². The molecule has 0 aromatic rings. The molecule has 14 heavy (non-hydrogen) atoms. The highest BCUT2D eigenvalue weighted by molar-refractivity contribution is 5.72. The molecule has 1 aliphatic heterocycles. The first kappa shape index (κ1) is 11.4. The highest BCUT2D eigenvalue weighted by Crippen LogP contribution is 2.17. The Balaban J connectivity index is 2.31. The zero-order chi connectivity index (χ0) is 10.4. The van der Waals surface area contributed by atoms with Crippen LogP contribution in [0.5, 0.6) is 0 Å². The van der Waals surface area contributed by atoms with Crippen LogP contribution in [0.15, 0.2) is 0 Å². The van der Waals surface area contributed by atoms with E-state index in [0.717, 1.165) is 32.5 Å². The Hall–Kier alpha value is -0.640. The molecule has 0 spiro atoms. The third-order valence-electron chi connectivity index (χ3n) is 2.65. The third-order valence-corrected chi connectivity index (χ3v) is 2.65. The van der Waals surface area contributed by atoms with E-state index in [9.17, 15) is 9.18 Å². The van der Waals surface area contributed by atoms with Crippen LogP contribution in [0, 0.1) is 5.92 Å².